The number of oxime groups is 1. The van der Waals surface area contributed by atoms with Crippen LogP contribution in [0, 0.1) is 10.1 Å². The van der Waals surface area contributed by atoms with E-state index in [0.717, 1.165) is 29.4 Å². The van der Waals surface area contributed by atoms with E-state index in [1.54, 1.807) is 7.11 Å². The molecule has 0 heterocycles. The Balaban J connectivity index is 1.79. The minimum Gasteiger partial charge on any atom is -0.497 e. The van der Waals surface area contributed by atoms with Gasteiger partial charge in [-0.15, -0.1) is 0 Å². The maximum Gasteiger partial charge on any atom is 0.365 e. The highest BCUT2D eigenvalue weighted by molar-refractivity contribution is 6.04. The Morgan fingerprint density at radius 1 is 1.12 bits per heavy atom. The monoisotopic (exact) mass is 356 g/mol. The highest BCUT2D eigenvalue weighted by Gasteiger charge is 2.21. The van der Waals surface area contributed by atoms with Gasteiger partial charge in [0.05, 0.1) is 30.4 Å². The number of rotatable bonds is 5. The number of nitro benzene ring substituents is 1. The standard InChI is InChI=1S/C18H16N2O6/c1-24-13-5-6-14-11(9-13)3-7-15(14)19-26-18(21)12-4-8-17(25-2)16(10-12)20(22)23/h4-6,8-10H,3,7H2,1-2H3/b19-15+. The Kier molecular flexibility index (Phi) is 4.83. The van der Waals surface area contributed by atoms with Crippen molar-refractivity contribution >= 4 is 17.4 Å². The summed E-state index contributed by atoms with van der Waals surface area (Å²) < 4.78 is 10.1. The van der Waals surface area contributed by atoms with Gasteiger partial charge in [0.2, 0.25) is 0 Å². The van der Waals surface area contributed by atoms with Gasteiger partial charge in [0.15, 0.2) is 5.75 Å². The van der Waals surface area contributed by atoms with Crippen molar-refractivity contribution < 1.29 is 24.0 Å². The van der Waals surface area contributed by atoms with E-state index >= 15 is 0 Å². The topological polar surface area (TPSA) is 100 Å². The molecule has 134 valence electrons. The van der Waals surface area contributed by atoms with Crippen molar-refractivity contribution in [3.8, 4) is 11.5 Å². The van der Waals surface area contributed by atoms with Gasteiger partial charge in [-0.3, -0.25) is 10.1 Å². The number of carbonyl (C=O) groups excluding carboxylic acids is 1. The summed E-state index contributed by atoms with van der Waals surface area (Å²) in [6, 6.07) is 9.45. The van der Waals surface area contributed by atoms with Crippen LogP contribution in [0.15, 0.2) is 41.6 Å². The lowest BCUT2D eigenvalue weighted by Gasteiger charge is -2.05. The minimum atomic E-state index is -0.773. The summed E-state index contributed by atoms with van der Waals surface area (Å²) in [6.45, 7) is 0. The molecule has 0 bridgehead atoms. The van der Waals surface area contributed by atoms with Crippen LogP contribution in [0.4, 0.5) is 5.69 Å². The van der Waals surface area contributed by atoms with Crippen molar-refractivity contribution in [2.45, 2.75) is 12.8 Å². The first-order chi connectivity index (χ1) is 12.5. The van der Waals surface area contributed by atoms with Gasteiger partial charge in [0.25, 0.3) is 0 Å². The Hall–Kier alpha value is -3.42. The van der Waals surface area contributed by atoms with Gasteiger partial charge in [-0.1, -0.05) is 5.16 Å². The van der Waals surface area contributed by atoms with E-state index in [1.165, 1.54) is 19.2 Å². The van der Waals surface area contributed by atoms with E-state index < -0.39 is 10.9 Å². The summed E-state index contributed by atoms with van der Waals surface area (Å²) >= 11 is 0. The van der Waals surface area contributed by atoms with E-state index in [1.807, 2.05) is 18.2 Å². The van der Waals surface area contributed by atoms with Gasteiger partial charge in [-0.2, -0.15) is 0 Å². The molecule has 8 heteroatoms. The molecule has 1 aliphatic rings. The molecule has 0 spiro atoms. The van der Waals surface area contributed by atoms with Crippen LogP contribution in [-0.4, -0.2) is 30.8 Å². The largest absolute Gasteiger partial charge is 0.497 e. The third-order valence-corrected chi connectivity index (χ3v) is 4.10. The minimum absolute atomic E-state index is 0.0230. The zero-order chi connectivity index (χ0) is 18.7. The molecule has 0 saturated carbocycles. The average molecular weight is 356 g/mol. The van der Waals surface area contributed by atoms with E-state index in [9.17, 15) is 14.9 Å². The highest BCUT2D eigenvalue weighted by atomic mass is 16.7. The summed E-state index contributed by atoms with van der Waals surface area (Å²) in [6.07, 6.45) is 1.41. The summed E-state index contributed by atoms with van der Waals surface area (Å²) in [4.78, 5) is 27.6. The Morgan fingerprint density at radius 2 is 1.92 bits per heavy atom. The summed E-state index contributed by atoms with van der Waals surface area (Å²) in [5.74, 6) is 0.0503. The number of aryl methyl sites for hydroxylation is 1. The molecule has 2 aromatic rings. The molecule has 0 amide bonds. The second kappa shape index (κ2) is 7.22. The summed E-state index contributed by atoms with van der Waals surface area (Å²) in [5.41, 5.74) is 2.33. The first-order valence-corrected chi connectivity index (χ1v) is 7.81. The number of fused-ring (bicyclic) bond motifs is 1. The molecule has 3 rings (SSSR count). The van der Waals surface area contributed by atoms with Crippen molar-refractivity contribution in [2.24, 2.45) is 5.16 Å². The highest BCUT2D eigenvalue weighted by Crippen LogP contribution is 2.29. The fraction of sp³-hybridized carbons (Fsp3) is 0.222. The number of nitrogens with zero attached hydrogens (tertiary/aromatic N) is 2. The number of benzene rings is 2. The Morgan fingerprint density at radius 3 is 2.62 bits per heavy atom. The van der Waals surface area contributed by atoms with Gasteiger partial charge >= 0.3 is 11.7 Å². The predicted molar refractivity (Wildman–Crippen MR) is 92.9 cm³/mol. The molecule has 0 aromatic heterocycles. The molecule has 26 heavy (non-hydrogen) atoms. The number of nitro groups is 1. The number of hydrogen-bond donors (Lipinski definition) is 0. The lowest BCUT2D eigenvalue weighted by molar-refractivity contribution is -0.385. The van der Waals surface area contributed by atoms with E-state index in [4.69, 9.17) is 14.3 Å². The van der Waals surface area contributed by atoms with Crippen molar-refractivity contribution in [1.82, 2.24) is 0 Å². The quantitative estimate of drug-likeness (QED) is 0.463. The molecule has 0 atom stereocenters. The number of methoxy groups -OCH3 is 2. The fourth-order valence-corrected chi connectivity index (χ4v) is 2.78. The van der Waals surface area contributed by atoms with Crippen molar-refractivity contribution in [3.05, 3.63) is 63.2 Å². The van der Waals surface area contributed by atoms with E-state index in [-0.39, 0.29) is 17.0 Å². The molecule has 8 nitrogen and oxygen atoms in total. The first-order valence-electron chi connectivity index (χ1n) is 7.81. The Bertz CT molecular complexity index is 907. The maximum atomic E-state index is 12.2. The lowest BCUT2D eigenvalue weighted by Crippen LogP contribution is -2.05. The maximum absolute atomic E-state index is 12.2. The summed E-state index contributed by atoms with van der Waals surface area (Å²) in [5, 5.41) is 15.0. The van der Waals surface area contributed by atoms with Crippen LogP contribution in [0.2, 0.25) is 0 Å². The van der Waals surface area contributed by atoms with Gasteiger partial charge in [0.1, 0.15) is 5.75 Å². The Labute approximate surface area is 149 Å². The third kappa shape index (κ3) is 3.34. The smallest absolute Gasteiger partial charge is 0.365 e. The predicted octanol–water partition coefficient (Wildman–Crippen LogP) is 3.12. The van der Waals surface area contributed by atoms with Crippen LogP contribution in [0.25, 0.3) is 0 Å². The molecule has 0 fully saturated rings. The average Bonchev–Trinajstić information content (AvgIpc) is 3.07. The van der Waals surface area contributed by atoms with E-state index in [2.05, 4.69) is 5.16 Å². The molecule has 0 N–H and O–H groups in total. The van der Waals surface area contributed by atoms with Crippen LogP contribution in [-0.2, 0) is 11.3 Å². The van der Waals surface area contributed by atoms with Crippen LogP contribution in [0.5, 0.6) is 11.5 Å². The van der Waals surface area contributed by atoms with Gasteiger partial charge in [0, 0.05) is 11.6 Å². The van der Waals surface area contributed by atoms with Crippen LogP contribution < -0.4 is 9.47 Å². The van der Waals surface area contributed by atoms with Crippen molar-refractivity contribution in [1.29, 1.82) is 0 Å². The zero-order valence-corrected chi connectivity index (χ0v) is 14.2. The molecule has 2 aromatic carbocycles. The lowest BCUT2D eigenvalue weighted by atomic mass is 10.1. The molecule has 0 aliphatic heterocycles. The van der Waals surface area contributed by atoms with Gasteiger partial charge in [-0.05, 0) is 48.7 Å². The number of carbonyl (C=O) groups is 1. The van der Waals surface area contributed by atoms with Crippen LogP contribution in [0.3, 0.4) is 0 Å². The van der Waals surface area contributed by atoms with E-state index in [0.29, 0.717) is 12.1 Å². The molecule has 0 radical (unpaired) electrons. The van der Waals surface area contributed by atoms with Gasteiger partial charge in [-0.25, -0.2) is 4.79 Å². The van der Waals surface area contributed by atoms with Gasteiger partial charge < -0.3 is 14.3 Å². The van der Waals surface area contributed by atoms with Crippen LogP contribution >= 0.6 is 0 Å². The first kappa shape index (κ1) is 17.4. The third-order valence-electron chi connectivity index (χ3n) is 4.10. The number of hydrogen-bond acceptors (Lipinski definition) is 7. The normalized spacial score (nSPS) is 14.0. The number of ether oxygens (including phenoxy) is 2. The molecule has 1 aliphatic carbocycles. The molecule has 0 unspecified atom stereocenters. The summed E-state index contributed by atoms with van der Waals surface area (Å²) in [7, 11) is 2.92. The molecular weight excluding hydrogens is 340 g/mol. The van der Waals surface area contributed by atoms with Crippen molar-refractivity contribution in [3.63, 3.8) is 0 Å². The second-order valence-corrected chi connectivity index (χ2v) is 5.58. The fourth-order valence-electron chi connectivity index (χ4n) is 2.78. The van der Waals surface area contributed by atoms with Crippen LogP contribution in [0.1, 0.15) is 27.9 Å². The van der Waals surface area contributed by atoms with Crippen molar-refractivity contribution in [2.75, 3.05) is 14.2 Å². The SMILES string of the molecule is COc1ccc2c(c1)CC/C2=N\OC(=O)c1ccc(OC)c([N+](=O)[O-])c1. The zero-order valence-electron chi connectivity index (χ0n) is 14.2. The molecular formula is C18H16N2O6. The molecule has 0 saturated heterocycles. The second-order valence-electron chi connectivity index (χ2n) is 5.58.